The van der Waals surface area contributed by atoms with Crippen molar-refractivity contribution in [3.63, 3.8) is 0 Å². The Bertz CT molecular complexity index is 940. The average Bonchev–Trinajstić information content (AvgIpc) is 3.05. The lowest BCUT2D eigenvalue weighted by Crippen LogP contribution is -2.49. The number of halogens is 3. The second-order valence-corrected chi connectivity index (χ2v) is 10.6. The molecule has 1 amide bonds. The molecule has 0 unspecified atom stereocenters. The monoisotopic (exact) mass is 488 g/mol. The van der Waals surface area contributed by atoms with Crippen molar-refractivity contribution in [2.75, 3.05) is 11.9 Å². The van der Waals surface area contributed by atoms with Crippen LogP contribution < -0.4 is 10.6 Å². The van der Waals surface area contributed by atoms with E-state index in [1.54, 1.807) is 25.1 Å². The number of hydrogen-bond donors (Lipinski definition) is 2. The molecule has 1 atom stereocenters. The molecule has 2 aromatic rings. The van der Waals surface area contributed by atoms with E-state index in [1.165, 1.54) is 11.3 Å². The van der Waals surface area contributed by atoms with Gasteiger partial charge in [-0.25, -0.2) is 4.79 Å². The lowest BCUT2D eigenvalue weighted by Gasteiger charge is -2.27. The first-order valence-electron chi connectivity index (χ1n) is 9.73. The van der Waals surface area contributed by atoms with Crippen molar-refractivity contribution in [1.82, 2.24) is 5.32 Å². The largest absolute Gasteiger partial charge is 0.462 e. The molecule has 1 aromatic heterocycles. The molecule has 9 heteroatoms. The average molecular weight is 490 g/mol. The minimum absolute atomic E-state index is 0.265. The molecule has 5 nitrogen and oxygen atoms in total. The fourth-order valence-electron chi connectivity index (χ4n) is 3.42. The van der Waals surface area contributed by atoms with E-state index in [0.29, 0.717) is 16.1 Å². The van der Waals surface area contributed by atoms with Gasteiger partial charge in [-0.1, -0.05) is 52.5 Å². The summed E-state index contributed by atoms with van der Waals surface area (Å²) in [7, 11) is 0. The molecular formula is C21H23Cl3N2O3S. The summed E-state index contributed by atoms with van der Waals surface area (Å²) >= 11 is 20.0. The predicted molar refractivity (Wildman–Crippen MR) is 123 cm³/mol. The molecule has 30 heavy (non-hydrogen) atoms. The number of thiophene rings is 1. The summed E-state index contributed by atoms with van der Waals surface area (Å²) in [4.78, 5) is 26.5. The highest BCUT2D eigenvalue weighted by atomic mass is 35.6. The first-order chi connectivity index (χ1) is 14.2. The van der Waals surface area contributed by atoms with E-state index in [4.69, 9.17) is 39.5 Å². The molecule has 3 rings (SSSR count). The van der Waals surface area contributed by atoms with Gasteiger partial charge in [0.25, 0.3) is 5.91 Å². The Morgan fingerprint density at radius 3 is 2.63 bits per heavy atom. The zero-order chi connectivity index (χ0) is 21.9. The highest BCUT2D eigenvalue weighted by Crippen LogP contribution is 2.40. The summed E-state index contributed by atoms with van der Waals surface area (Å²) in [6.07, 6.45) is 2.71. The molecule has 1 aliphatic rings. The Morgan fingerprint density at radius 1 is 1.23 bits per heavy atom. The first kappa shape index (κ1) is 23.2. The van der Waals surface area contributed by atoms with Gasteiger partial charge >= 0.3 is 5.97 Å². The van der Waals surface area contributed by atoms with Gasteiger partial charge in [0.1, 0.15) is 11.2 Å². The van der Waals surface area contributed by atoms with Crippen LogP contribution in [0, 0.1) is 6.92 Å². The number of amides is 1. The van der Waals surface area contributed by atoms with Crippen LogP contribution in [0.3, 0.4) is 0 Å². The van der Waals surface area contributed by atoms with Crippen LogP contribution in [0.5, 0.6) is 0 Å². The maximum absolute atomic E-state index is 12.7. The number of hydrogen-bond acceptors (Lipinski definition) is 5. The van der Waals surface area contributed by atoms with Crippen LogP contribution in [0.1, 0.15) is 56.5 Å². The summed E-state index contributed by atoms with van der Waals surface area (Å²) in [6, 6.07) is 7.11. The number of nitrogens with one attached hydrogen (secondary N) is 2. The molecule has 0 saturated heterocycles. The number of carbonyl (C=O) groups excluding carboxylic acids is 2. The molecule has 0 saturated carbocycles. The van der Waals surface area contributed by atoms with Gasteiger partial charge in [0.2, 0.25) is 3.79 Å². The van der Waals surface area contributed by atoms with Gasteiger partial charge in [0.15, 0.2) is 0 Å². The van der Waals surface area contributed by atoms with Gasteiger partial charge in [-0.3, -0.25) is 4.79 Å². The van der Waals surface area contributed by atoms with E-state index in [2.05, 4.69) is 10.6 Å². The molecule has 1 aliphatic carbocycles. The van der Waals surface area contributed by atoms with Gasteiger partial charge in [-0.15, -0.1) is 11.3 Å². The third kappa shape index (κ3) is 5.41. The summed E-state index contributed by atoms with van der Waals surface area (Å²) < 4.78 is 3.41. The Hall–Kier alpha value is -1.47. The molecule has 0 bridgehead atoms. The van der Waals surface area contributed by atoms with Crippen molar-refractivity contribution in [2.24, 2.45) is 0 Å². The van der Waals surface area contributed by atoms with Crippen molar-refractivity contribution < 1.29 is 14.3 Å². The number of esters is 1. The van der Waals surface area contributed by atoms with E-state index < -0.39 is 15.9 Å². The lowest BCUT2D eigenvalue weighted by atomic mass is 9.95. The van der Waals surface area contributed by atoms with Gasteiger partial charge in [0, 0.05) is 10.4 Å². The van der Waals surface area contributed by atoms with Crippen molar-refractivity contribution in [1.29, 1.82) is 0 Å². The third-order valence-electron chi connectivity index (χ3n) is 4.81. The number of alkyl halides is 3. The Balaban J connectivity index is 1.91. The molecule has 0 fully saturated rings. The minimum atomic E-state index is -1.85. The molecule has 0 spiro atoms. The van der Waals surface area contributed by atoms with Gasteiger partial charge in [0.05, 0.1) is 12.2 Å². The fraction of sp³-hybridized carbons (Fsp3) is 0.429. The Morgan fingerprint density at radius 2 is 1.97 bits per heavy atom. The number of anilines is 1. The number of fused-ring (bicyclic) bond motifs is 1. The predicted octanol–water partition coefficient (Wildman–Crippen LogP) is 5.65. The molecule has 0 radical (unpaired) electrons. The van der Waals surface area contributed by atoms with Crippen LogP contribution >= 0.6 is 46.1 Å². The van der Waals surface area contributed by atoms with E-state index in [0.717, 1.165) is 41.7 Å². The van der Waals surface area contributed by atoms with Crippen LogP contribution in [0.2, 0.25) is 0 Å². The number of carbonyl (C=O) groups is 2. The molecule has 162 valence electrons. The molecule has 0 aliphatic heterocycles. The molecule has 2 N–H and O–H groups in total. The van der Waals surface area contributed by atoms with E-state index in [9.17, 15) is 9.59 Å². The van der Waals surface area contributed by atoms with Crippen molar-refractivity contribution in [3.05, 3.63) is 51.4 Å². The van der Waals surface area contributed by atoms with Crippen LogP contribution in [-0.2, 0) is 17.6 Å². The summed E-state index contributed by atoms with van der Waals surface area (Å²) in [5, 5.41) is 6.37. The van der Waals surface area contributed by atoms with Crippen LogP contribution in [-0.4, -0.2) is 28.4 Å². The van der Waals surface area contributed by atoms with E-state index in [1.807, 2.05) is 13.0 Å². The van der Waals surface area contributed by atoms with Crippen molar-refractivity contribution in [2.45, 2.75) is 49.5 Å². The second kappa shape index (κ2) is 9.77. The minimum Gasteiger partial charge on any atom is -0.462 e. The maximum atomic E-state index is 12.7. The zero-order valence-electron chi connectivity index (χ0n) is 16.7. The van der Waals surface area contributed by atoms with Gasteiger partial charge < -0.3 is 15.4 Å². The van der Waals surface area contributed by atoms with Crippen molar-refractivity contribution >= 4 is 63.0 Å². The molecule has 1 heterocycles. The normalized spacial score (nSPS) is 14.6. The summed E-state index contributed by atoms with van der Waals surface area (Å²) in [6.45, 7) is 3.92. The smallest absolute Gasteiger partial charge is 0.341 e. The summed E-state index contributed by atoms with van der Waals surface area (Å²) in [5.41, 5.74) is 2.85. The topological polar surface area (TPSA) is 67.4 Å². The quantitative estimate of drug-likeness (QED) is 0.312. The maximum Gasteiger partial charge on any atom is 0.341 e. The molecular weight excluding hydrogens is 467 g/mol. The fourth-order valence-corrected chi connectivity index (χ4v) is 5.05. The molecule has 1 aromatic carbocycles. The second-order valence-electron chi connectivity index (χ2n) is 7.10. The first-order valence-corrected chi connectivity index (χ1v) is 11.7. The van der Waals surface area contributed by atoms with Crippen LogP contribution in [0.4, 0.5) is 5.00 Å². The van der Waals surface area contributed by atoms with Crippen LogP contribution in [0.15, 0.2) is 24.3 Å². The van der Waals surface area contributed by atoms with E-state index >= 15 is 0 Å². The third-order valence-corrected chi connectivity index (χ3v) is 6.69. The number of ether oxygens (including phenoxy) is 1. The lowest BCUT2D eigenvalue weighted by molar-refractivity contribution is 0.0526. The Kier molecular flexibility index (Phi) is 7.56. The van der Waals surface area contributed by atoms with Crippen LogP contribution in [0.25, 0.3) is 0 Å². The number of benzene rings is 1. The standard InChI is InChI=1S/C21H23Cl3N2O3S/c1-3-29-19(28)16-14-9-4-5-10-15(14)30-18(16)26-20(21(22,23)24)25-17(27)13-8-6-7-12(2)11-13/h6-8,11,20,26H,3-5,9-10H2,1-2H3,(H,25,27)/t20-/m0/s1. The van der Waals surface area contributed by atoms with Crippen molar-refractivity contribution in [3.8, 4) is 0 Å². The summed E-state index contributed by atoms with van der Waals surface area (Å²) in [5.74, 6) is -0.797. The number of aryl methyl sites for hydroxylation is 2. The van der Waals surface area contributed by atoms with Gasteiger partial charge in [-0.2, -0.15) is 0 Å². The Labute approximate surface area is 195 Å². The zero-order valence-corrected chi connectivity index (χ0v) is 19.8. The number of rotatable bonds is 6. The SMILES string of the molecule is CCOC(=O)c1c(N[C@H](NC(=O)c2cccc(C)c2)C(Cl)(Cl)Cl)sc2c1CCCC2. The van der Waals surface area contributed by atoms with E-state index in [-0.39, 0.29) is 12.5 Å². The highest BCUT2D eigenvalue weighted by Gasteiger charge is 2.37. The van der Waals surface area contributed by atoms with Gasteiger partial charge in [-0.05, 0) is 57.2 Å². The highest BCUT2D eigenvalue weighted by molar-refractivity contribution is 7.16.